The number of para-hydroxylation sites is 1. The molecular formula is C26H22N2O5. The molecule has 7 heteroatoms. The van der Waals surface area contributed by atoms with Crippen molar-refractivity contribution in [2.45, 2.75) is 6.54 Å². The molecule has 0 saturated carbocycles. The van der Waals surface area contributed by atoms with Crippen LogP contribution in [0.1, 0.15) is 26.3 Å². The number of amides is 2. The molecule has 0 radical (unpaired) electrons. The van der Waals surface area contributed by atoms with Crippen LogP contribution in [0.25, 0.3) is 10.9 Å². The molecule has 0 aliphatic rings. The van der Waals surface area contributed by atoms with Gasteiger partial charge < -0.3 is 14.0 Å². The monoisotopic (exact) mass is 442 g/mol. The van der Waals surface area contributed by atoms with Gasteiger partial charge in [0.25, 0.3) is 11.8 Å². The lowest BCUT2D eigenvalue weighted by Gasteiger charge is -2.06. The molecule has 0 spiro atoms. The molecule has 0 unspecified atom stereocenters. The average Bonchev–Trinajstić information content (AvgIpc) is 3.21. The molecule has 1 N–H and O–H groups in total. The standard InChI is InChI=1S/C26H22N2O5/c1-32-20-13-11-19(12-14-20)25(30)27-24(29)17-33-26(31)22-16-28(15-18-7-3-2-4-8-18)23-10-6-5-9-21(22)23/h2-14,16H,15,17H2,1H3,(H,27,29,30). The minimum absolute atomic E-state index is 0.291. The van der Waals surface area contributed by atoms with Crippen molar-refractivity contribution < 1.29 is 23.9 Å². The summed E-state index contributed by atoms with van der Waals surface area (Å²) in [7, 11) is 1.52. The number of esters is 1. The number of aromatic nitrogens is 1. The second-order valence-electron chi connectivity index (χ2n) is 7.36. The summed E-state index contributed by atoms with van der Waals surface area (Å²) in [6.07, 6.45) is 1.72. The third-order valence-electron chi connectivity index (χ3n) is 5.14. The van der Waals surface area contributed by atoms with E-state index in [1.165, 1.54) is 19.2 Å². The molecule has 0 fully saturated rings. The van der Waals surface area contributed by atoms with Gasteiger partial charge in [0, 0.05) is 29.2 Å². The number of carbonyl (C=O) groups excluding carboxylic acids is 3. The third-order valence-corrected chi connectivity index (χ3v) is 5.14. The highest BCUT2D eigenvalue weighted by Gasteiger charge is 2.18. The van der Waals surface area contributed by atoms with Crippen LogP contribution in [0.4, 0.5) is 0 Å². The van der Waals surface area contributed by atoms with Crippen molar-refractivity contribution >= 4 is 28.7 Å². The first-order valence-electron chi connectivity index (χ1n) is 10.3. The van der Waals surface area contributed by atoms with Crippen molar-refractivity contribution in [3.8, 4) is 5.75 Å². The lowest BCUT2D eigenvalue weighted by atomic mass is 10.2. The highest BCUT2D eigenvalue weighted by atomic mass is 16.5. The summed E-state index contributed by atoms with van der Waals surface area (Å²) in [5.41, 5.74) is 2.62. The molecule has 1 aromatic heterocycles. The van der Waals surface area contributed by atoms with Gasteiger partial charge in [0.1, 0.15) is 5.75 Å². The molecule has 3 aromatic carbocycles. The smallest absolute Gasteiger partial charge is 0.340 e. The molecule has 0 aliphatic carbocycles. The van der Waals surface area contributed by atoms with Gasteiger partial charge in [-0.25, -0.2) is 4.79 Å². The maximum atomic E-state index is 12.7. The number of hydrogen-bond acceptors (Lipinski definition) is 5. The van der Waals surface area contributed by atoms with E-state index in [1.54, 1.807) is 18.3 Å². The Hall–Kier alpha value is -4.39. The van der Waals surface area contributed by atoms with Gasteiger partial charge in [-0.3, -0.25) is 14.9 Å². The first-order valence-corrected chi connectivity index (χ1v) is 10.3. The second kappa shape index (κ2) is 9.82. The molecule has 0 aliphatic heterocycles. The van der Waals surface area contributed by atoms with E-state index >= 15 is 0 Å². The first kappa shape index (κ1) is 21.8. The molecule has 0 saturated heterocycles. The number of imide groups is 1. The lowest BCUT2D eigenvalue weighted by Crippen LogP contribution is -2.34. The number of rotatable bonds is 7. The third kappa shape index (κ3) is 5.10. The van der Waals surface area contributed by atoms with Crippen LogP contribution in [0, 0.1) is 0 Å². The van der Waals surface area contributed by atoms with Crippen LogP contribution in [0.5, 0.6) is 5.75 Å². The van der Waals surface area contributed by atoms with E-state index in [0.29, 0.717) is 23.4 Å². The van der Waals surface area contributed by atoms with Crippen LogP contribution in [0.2, 0.25) is 0 Å². The van der Waals surface area contributed by atoms with Gasteiger partial charge in [-0.05, 0) is 35.9 Å². The van der Waals surface area contributed by atoms with Crippen molar-refractivity contribution in [2.75, 3.05) is 13.7 Å². The normalized spacial score (nSPS) is 10.6. The van der Waals surface area contributed by atoms with E-state index in [2.05, 4.69) is 5.32 Å². The number of nitrogens with one attached hydrogen (secondary N) is 1. The van der Waals surface area contributed by atoms with Gasteiger partial charge in [-0.2, -0.15) is 0 Å². The lowest BCUT2D eigenvalue weighted by molar-refractivity contribution is -0.123. The largest absolute Gasteiger partial charge is 0.497 e. The van der Waals surface area contributed by atoms with Crippen LogP contribution < -0.4 is 10.1 Å². The van der Waals surface area contributed by atoms with Crippen LogP contribution >= 0.6 is 0 Å². The maximum Gasteiger partial charge on any atom is 0.340 e. The van der Waals surface area contributed by atoms with Crippen LogP contribution in [-0.4, -0.2) is 36.1 Å². The zero-order valence-corrected chi connectivity index (χ0v) is 18.0. The van der Waals surface area contributed by atoms with Crippen molar-refractivity contribution in [2.24, 2.45) is 0 Å². The molecule has 7 nitrogen and oxygen atoms in total. The SMILES string of the molecule is COc1ccc(C(=O)NC(=O)COC(=O)c2cn(Cc3ccccc3)c3ccccc23)cc1. The number of benzene rings is 3. The molecule has 33 heavy (non-hydrogen) atoms. The summed E-state index contributed by atoms with van der Waals surface area (Å²) in [6, 6.07) is 23.7. The first-order chi connectivity index (χ1) is 16.0. The zero-order chi connectivity index (χ0) is 23.2. The summed E-state index contributed by atoms with van der Waals surface area (Å²) in [5.74, 6) is -1.33. The van der Waals surface area contributed by atoms with Gasteiger partial charge in [-0.1, -0.05) is 48.5 Å². The Kier molecular flexibility index (Phi) is 6.50. The Labute approximate surface area is 190 Å². The summed E-state index contributed by atoms with van der Waals surface area (Å²) in [6.45, 7) is 0.0183. The Balaban J connectivity index is 1.42. The van der Waals surface area contributed by atoms with Crippen molar-refractivity contribution in [3.63, 3.8) is 0 Å². The summed E-state index contributed by atoms with van der Waals surface area (Å²) >= 11 is 0. The predicted molar refractivity (Wildman–Crippen MR) is 123 cm³/mol. The molecule has 1 heterocycles. The number of hydrogen-bond donors (Lipinski definition) is 1. The summed E-state index contributed by atoms with van der Waals surface area (Å²) < 4.78 is 12.2. The summed E-state index contributed by atoms with van der Waals surface area (Å²) in [5, 5.41) is 2.94. The second-order valence-corrected chi connectivity index (χ2v) is 7.36. The Morgan fingerprint density at radius 3 is 2.30 bits per heavy atom. The van der Waals surface area contributed by atoms with Crippen LogP contribution in [0.3, 0.4) is 0 Å². The number of fused-ring (bicyclic) bond motifs is 1. The highest BCUT2D eigenvalue weighted by Crippen LogP contribution is 2.23. The maximum absolute atomic E-state index is 12.7. The highest BCUT2D eigenvalue weighted by molar-refractivity contribution is 6.07. The fourth-order valence-corrected chi connectivity index (χ4v) is 3.51. The van der Waals surface area contributed by atoms with Gasteiger partial charge in [0.15, 0.2) is 6.61 Å². The predicted octanol–water partition coefficient (Wildman–Crippen LogP) is 3.81. The molecule has 4 rings (SSSR count). The van der Waals surface area contributed by atoms with Gasteiger partial charge in [0.05, 0.1) is 12.7 Å². The molecule has 0 atom stereocenters. The number of carbonyl (C=O) groups is 3. The molecule has 4 aromatic rings. The summed E-state index contributed by atoms with van der Waals surface area (Å²) in [4.78, 5) is 37.1. The van der Waals surface area contributed by atoms with E-state index in [9.17, 15) is 14.4 Å². The Bertz CT molecular complexity index is 1290. The Morgan fingerprint density at radius 1 is 0.879 bits per heavy atom. The van der Waals surface area contributed by atoms with E-state index in [4.69, 9.17) is 9.47 Å². The molecule has 166 valence electrons. The van der Waals surface area contributed by atoms with Crippen LogP contribution in [0.15, 0.2) is 85.1 Å². The number of nitrogens with zero attached hydrogens (tertiary/aromatic N) is 1. The average molecular weight is 442 g/mol. The Morgan fingerprint density at radius 2 is 1.58 bits per heavy atom. The number of ether oxygens (including phenoxy) is 2. The zero-order valence-electron chi connectivity index (χ0n) is 18.0. The molecular weight excluding hydrogens is 420 g/mol. The number of methoxy groups -OCH3 is 1. The quantitative estimate of drug-likeness (QED) is 0.440. The van der Waals surface area contributed by atoms with E-state index in [-0.39, 0.29) is 0 Å². The van der Waals surface area contributed by atoms with E-state index < -0.39 is 24.4 Å². The van der Waals surface area contributed by atoms with Crippen molar-refractivity contribution in [3.05, 3.63) is 102 Å². The van der Waals surface area contributed by atoms with E-state index in [0.717, 1.165) is 16.5 Å². The topological polar surface area (TPSA) is 86.6 Å². The fraction of sp³-hybridized carbons (Fsp3) is 0.115. The van der Waals surface area contributed by atoms with Gasteiger partial charge >= 0.3 is 5.97 Å². The van der Waals surface area contributed by atoms with Gasteiger partial charge in [0.2, 0.25) is 0 Å². The molecule has 2 amide bonds. The molecule has 0 bridgehead atoms. The van der Waals surface area contributed by atoms with E-state index in [1.807, 2.05) is 59.2 Å². The van der Waals surface area contributed by atoms with Crippen molar-refractivity contribution in [1.82, 2.24) is 9.88 Å². The fourth-order valence-electron chi connectivity index (χ4n) is 3.51. The minimum atomic E-state index is -0.711. The minimum Gasteiger partial charge on any atom is -0.497 e. The van der Waals surface area contributed by atoms with Gasteiger partial charge in [-0.15, -0.1) is 0 Å². The van der Waals surface area contributed by atoms with Crippen LogP contribution in [-0.2, 0) is 16.1 Å². The van der Waals surface area contributed by atoms with Crippen molar-refractivity contribution in [1.29, 1.82) is 0 Å².